The van der Waals surface area contributed by atoms with Crippen molar-refractivity contribution in [3.05, 3.63) is 36.0 Å². The first-order valence-corrected chi connectivity index (χ1v) is 5.09. The van der Waals surface area contributed by atoms with Crippen molar-refractivity contribution < 1.29 is 5.11 Å². The first-order valence-electron chi connectivity index (χ1n) is 5.09. The van der Waals surface area contributed by atoms with E-state index in [1.807, 2.05) is 19.1 Å². The molecule has 0 aliphatic heterocycles. The highest BCUT2D eigenvalue weighted by atomic mass is 16.3. The summed E-state index contributed by atoms with van der Waals surface area (Å²) in [4.78, 5) is 4.33. The van der Waals surface area contributed by atoms with E-state index in [0.29, 0.717) is 17.0 Å². The maximum absolute atomic E-state index is 9.81. The molecule has 0 aliphatic carbocycles. The van der Waals surface area contributed by atoms with Gasteiger partial charge in [0, 0.05) is 11.8 Å². The van der Waals surface area contributed by atoms with Crippen molar-refractivity contribution in [2.45, 2.75) is 6.92 Å². The molecule has 17 heavy (non-hydrogen) atoms. The number of aromatic nitrogens is 5. The number of phenolic OH excluding ortho intramolecular Hbond substituents is 1. The van der Waals surface area contributed by atoms with Crippen molar-refractivity contribution in [3.63, 3.8) is 0 Å². The van der Waals surface area contributed by atoms with Gasteiger partial charge in [-0.1, -0.05) is 17.2 Å². The van der Waals surface area contributed by atoms with E-state index in [1.165, 1.54) is 4.52 Å². The average Bonchev–Trinajstić information content (AvgIpc) is 2.76. The van der Waals surface area contributed by atoms with Gasteiger partial charge in [0.2, 0.25) is 0 Å². The Bertz CT molecular complexity index is 691. The van der Waals surface area contributed by atoms with E-state index < -0.39 is 0 Å². The lowest BCUT2D eigenvalue weighted by Crippen LogP contribution is -1.96. The van der Waals surface area contributed by atoms with Crippen LogP contribution in [-0.4, -0.2) is 30.1 Å². The van der Waals surface area contributed by atoms with E-state index in [9.17, 15) is 5.11 Å². The molecule has 84 valence electrons. The largest absolute Gasteiger partial charge is 0.507 e. The molecule has 2 aromatic heterocycles. The molecular weight excluding hydrogens is 218 g/mol. The zero-order valence-corrected chi connectivity index (χ0v) is 9.07. The van der Waals surface area contributed by atoms with Crippen LogP contribution < -0.4 is 0 Å². The quantitative estimate of drug-likeness (QED) is 0.676. The Morgan fingerprint density at radius 3 is 2.88 bits per heavy atom. The fraction of sp³-hybridized carbons (Fsp3) is 0.0909. The third-order valence-corrected chi connectivity index (χ3v) is 2.54. The number of phenols is 1. The van der Waals surface area contributed by atoms with Gasteiger partial charge in [0.1, 0.15) is 5.75 Å². The van der Waals surface area contributed by atoms with E-state index in [4.69, 9.17) is 0 Å². The molecule has 0 aliphatic rings. The predicted octanol–water partition coefficient (Wildman–Crippen LogP) is 1.20. The Labute approximate surface area is 96.5 Å². The summed E-state index contributed by atoms with van der Waals surface area (Å²) in [5.74, 6) is 0.605. The van der Waals surface area contributed by atoms with E-state index in [2.05, 4.69) is 20.5 Å². The Kier molecular flexibility index (Phi) is 2.01. The molecule has 3 aromatic rings. The van der Waals surface area contributed by atoms with Gasteiger partial charge in [0.05, 0.1) is 5.69 Å². The fourth-order valence-corrected chi connectivity index (χ4v) is 1.73. The van der Waals surface area contributed by atoms with Crippen LogP contribution in [0.15, 0.2) is 30.5 Å². The van der Waals surface area contributed by atoms with Crippen LogP contribution in [0.5, 0.6) is 5.75 Å². The van der Waals surface area contributed by atoms with E-state index in [1.54, 1.807) is 18.3 Å². The number of aromatic hydroxyl groups is 1. The van der Waals surface area contributed by atoms with E-state index >= 15 is 0 Å². The number of fused-ring (bicyclic) bond motifs is 1. The van der Waals surface area contributed by atoms with Crippen LogP contribution in [0.1, 0.15) is 5.56 Å². The van der Waals surface area contributed by atoms with Crippen molar-refractivity contribution in [1.82, 2.24) is 25.0 Å². The second kappa shape index (κ2) is 3.51. The van der Waals surface area contributed by atoms with Crippen LogP contribution >= 0.6 is 0 Å². The number of aryl methyl sites for hydroxylation is 1. The maximum Gasteiger partial charge on any atom is 0.273 e. The lowest BCUT2D eigenvalue weighted by Gasteiger charge is -2.06. The first-order chi connectivity index (χ1) is 8.25. The number of para-hydroxylation sites is 1. The van der Waals surface area contributed by atoms with Gasteiger partial charge in [-0.25, -0.2) is 4.98 Å². The molecule has 0 atom stereocenters. The molecule has 3 rings (SSSR count). The van der Waals surface area contributed by atoms with Crippen LogP contribution in [-0.2, 0) is 0 Å². The maximum atomic E-state index is 9.81. The van der Waals surface area contributed by atoms with Crippen molar-refractivity contribution in [2.75, 3.05) is 0 Å². The second-order valence-electron chi connectivity index (χ2n) is 3.71. The van der Waals surface area contributed by atoms with Gasteiger partial charge >= 0.3 is 0 Å². The van der Waals surface area contributed by atoms with Crippen molar-refractivity contribution in [1.29, 1.82) is 0 Å². The fourth-order valence-electron chi connectivity index (χ4n) is 1.73. The molecule has 1 N–H and O–H groups in total. The highest BCUT2D eigenvalue weighted by Gasteiger charge is 2.10. The summed E-state index contributed by atoms with van der Waals surface area (Å²) in [5.41, 5.74) is 2.26. The number of tetrazole rings is 1. The highest BCUT2D eigenvalue weighted by molar-refractivity contribution is 5.70. The summed E-state index contributed by atoms with van der Waals surface area (Å²) in [6.07, 6.45) is 1.78. The summed E-state index contributed by atoms with van der Waals surface area (Å²) < 4.78 is 1.50. The summed E-state index contributed by atoms with van der Waals surface area (Å²) >= 11 is 0. The zero-order chi connectivity index (χ0) is 11.8. The summed E-state index contributed by atoms with van der Waals surface area (Å²) in [7, 11) is 0. The monoisotopic (exact) mass is 227 g/mol. The Balaban J connectivity index is 2.30. The molecule has 0 radical (unpaired) electrons. The number of rotatable bonds is 1. The third-order valence-electron chi connectivity index (χ3n) is 2.54. The molecule has 0 fully saturated rings. The molecule has 0 unspecified atom stereocenters. The average molecular weight is 227 g/mol. The van der Waals surface area contributed by atoms with Gasteiger partial charge < -0.3 is 5.11 Å². The normalized spacial score (nSPS) is 10.9. The molecule has 1 aromatic carbocycles. The summed E-state index contributed by atoms with van der Waals surface area (Å²) in [5, 5.41) is 20.9. The van der Waals surface area contributed by atoms with Crippen molar-refractivity contribution in [2.24, 2.45) is 0 Å². The predicted molar refractivity (Wildman–Crippen MR) is 60.4 cm³/mol. The number of hydrogen-bond donors (Lipinski definition) is 1. The Hall–Kier alpha value is -2.50. The van der Waals surface area contributed by atoms with Gasteiger partial charge in [-0.05, 0) is 35.0 Å². The SMILES string of the molecule is Cc1cn2nnnc2nc1-c1ccccc1O. The van der Waals surface area contributed by atoms with Crippen LogP contribution in [0.2, 0.25) is 0 Å². The minimum Gasteiger partial charge on any atom is -0.507 e. The Morgan fingerprint density at radius 1 is 1.24 bits per heavy atom. The van der Waals surface area contributed by atoms with Crippen LogP contribution in [0.25, 0.3) is 17.0 Å². The number of hydrogen-bond acceptors (Lipinski definition) is 5. The van der Waals surface area contributed by atoms with Gasteiger partial charge in [-0.15, -0.1) is 0 Å². The summed E-state index contributed by atoms with van der Waals surface area (Å²) in [6.45, 7) is 1.90. The molecule has 0 saturated heterocycles. The topological polar surface area (TPSA) is 76.2 Å². The van der Waals surface area contributed by atoms with Crippen molar-refractivity contribution in [3.8, 4) is 17.0 Å². The standard InChI is InChI=1S/C11H9N5O/c1-7-6-16-11(13-14-15-16)12-10(7)8-4-2-3-5-9(8)17/h2-6,17H,1H3. The number of nitrogens with zero attached hydrogens (tertiary/aromatic N) is 5. The molecule has 6 nitrogen and oxygen atoms in total. The zero-order valence-electron chi connectivity index (χ0n) is 9.07. The minimum absolute atomic E-state index is 0.194. The Morgan fingerprint density at radius 2 is 2.06 bits per heavy atom. The lowest BCUT2D eigenvalue weighted by atomic mass is 10.1. The van der Waals surface area contributed by atoms with Gasteiger partial charge in [0.25, 0.3) is 5.78 Å². The lowest BCUT2D eigenvalue weighted by molar-refractivity contribution is 0.477. The second-order valence-corrected chi connectivity index (χ2v) is 3.71. The third kappa shape index (κ3) is 1.50. The van der Waals surface area contributed by atoms with E-state index in [-0.39, 0.29) is 5.75 Å². The first kappa shape index (κ1) is 9.71. The molecule has 0 spiro atoms. The van der Waals surface area contributed by atoms with Crippen molar-refractivity contribution >= 4 is 5.78 Å². The van der Waals surface area contributed by atoms with Gasteiger partial charge in [0.15, 0.2) is 0 Å². The van der Waals surface area contributed by atoms with Crippen LogP contribution in [0.3, 0.4) is 0 Å². The highest BCUT2D eigenvalue weighted by Crippen LogP contribution is 2.29. The molecule has 6 heteroatoms. The van der Waals surface area contributed by atoms with Crippen LogP contribution in [0, 0.1) is 6.92 Å². The molecule has 0 bridgehead atoms. The number of benzene rings is 1. The molecular formula is C11H9N5O. The van der Waals surface area contributed by atoms with Gasteiger partial charge in [-0.2, -0.15) is 4.52 Å². The smallest absolute Gasteiger partial charge is 0.273 e. The van der Waals surface area contributed by atoms with E-state index in [0.717, 1.165) is 5.56 Å². The molecule has 0 saturated carbocycles. The van der Waals surface area contributed by atoms with Crippen LogP contribution in [0.4, 0.5) is 0 Å². The molecule has 2 heterocycles. The minimum atomic E-state index is 0.194. The molecule has 0 amide bonds. The van der Waals surface area contributed by atoms with Gasteiger partial charge in [-0.3, -0.25) is 0 Å². The summed E-state index contributed by atoms with van der Waals surface area (Å²) in [6, 6.07) is 7.06.